The Morgan fingerprint density at radius 2 is 1.44 bits per heavy atom. The lowest BCUT2D eigenvalue weighted by Crippen LogP contribution is -2.75. The number of aliphatic hydroxyl groups is 1. The van der Waals surface area contributed by atoms with Crippen LogP contribution in [0.4, 0.5) is 22.7 Å². The van der Waals surface area contributed by atoms with Crippen LogP contribution in [0.15, 0.2) is 96.4 Å². The number of hydrazine groups is 1. The number of aromatic nitrogens is 2. The molecule has 81 heavy (non-hydrogen) atoms. The molecule has 2 aromatic heterocycles. The van der Waals surface area contributed by atoms with Crippen LogP contribution in [0.25, 0.3) is 5.70 Å². The lowest BCUT2D eigenvalue weighted by molar-refractivity contribution is -0.758. The number of rotatable bonds is 31. The normalized spacial score (nSPS) is 14.5. The molecule has 10 N–H and O–H groups in total. The number of nitrogens with zero attached hydrogens (tertiary/aromatic N) is 5. The summed E-state index contributed by atoms with van der Waals surface area (Å²) in [6.45, 7) is 13.6. The van der Waals surface area contributed by atoms with Crippen LogP contribution in [0, 0.1) is 0 Å². The molecule has 0 radical (unpaired) electrons. The molecule has 1 atom stereocenters. The predicted molar refractivity (Wildman–Crippen MR) is 301 cm³/mol. The lowest BCUT2D eigenvalue weighted by Gasteiger charge is -2.26. The number of aliphatic hydroxyl groups excluding tert-OH is 1. The van der Waals surface area contributed by atoms with Crippen molar-refractivity contribution in [1.29, 1.82) is 0 Å². The van der Waals surface area contributed by atoms with Crippen LogP contribution < -0.4 is 66.6 Å². The average molecular weight is 1150 g/mol. The number of carbonyl (C=O) groups excluding carboxylic acids is 5. The van der Waals surface area contributed by atoms with Gasteiger partial charge in [0.1, 0.15) is 18.0 Å². The first kappa shape index (κ1) is 62.7. The highest BCUT2D eigenvalue weighted by molar-refractivity contribution is 7.99. The molecule has 0 bridgehead atoms. The zero-order valence-corrected chi connectivity index (χ0v) is 47.2. The van der Waals surface area contributed by atoms with Gasteiger partial charge in [-0.3, -0.25) is 44.7 Å². The van der Waals surface area contributed by atoms with Crippen LogP contribution in [0.5, 0.6) is 11.5 Å². The Balaban J connectivity index is 0.821. The molecule has 2 saturated heterocycles. The SMILES string of the molecule is COc1cc(NC(O)=C(C)[n+]2cccc(CONCCSCCNC(=O)c3ccc[n+](C(C)OCNc4ccc(NNC(=O)C(=O)NCCCN5CCOCC5)c(OC)c4)c3)c2)ccc1N=[NH+]C(=O)C(=O)NCCCN1CCOCC1. The maximum absolute atomic E-state index is 13.0. The summed E-state index contributed by atoms with van der Waals surface area (Å²) in [7, 11) is 2.94. The summed E-state index contributed by atoms with van der Waals surface area (Å²) >= 11 is 1.66. The van der Waals surface area contributed by atoms with Crippen molar-refractivity contribution in [2.75, 3.05) is 140 Å². The third-order valence-corrected chi connectivity index (χ3v) is 13.6. The molecule has 2 aliphatic heterocycles. The van der Waals surface area contributed by atoms with E-state index >= 15 is 0 Å². The molecule has 27 heteroatoms. The number of methoxy groups -OCH3 is 2. The molecule has 26 nitrogen and oxygen atoms in total. The minimum absolute atomic E-state index is 0.120. The highest BCUT2D eigenvalue weighted by atomic mass is 32.2. The number of anilines is 3. The smallest absolute Gasteiger partial charge is 0.494 e. The number of carbonyl (C=O) groups is 5. The van der Waals surface area contributed by atoms with Crippen molar-refractivity contribution in [3.05, 3.63) is 102 Å². The number of ether oxygens (including phenoxy) is 5. The molecule has 2 fully saturated rings. The highest BCUT2D eigenvalue weighted by Crippen LogP contribution is 2.30. The summed E-state index contributed by atoms with van der Waals surface area (Å²) in [5, 5.41) is 31.7. The molecular weight excluding hydrogens is 1070 g/mol. The summed E-state index contributed by atoms with van der Waals surface area (Å²) in [5.74, 6) is -1.42. The van der Waals surface area contributed by atoms with Crippen molar-refractivity contribution in [3.8, 4) is 11.5 Å². The van der Waals surface area contributed by atoms with E-state index in [1.807, 2.05) is 31.5 Å². The standard InChI is InChI=1S/C54H74N14O12S/c1-39(49(69)60-44-12-14-46(48(34-44)76-4)62-64-54(74)52(72)56-16-8-20-66-25-29-78-30-26-66)67-21-5-9-41(35-67)37-80-59-18-32-81-31-17-57-50(70)42-10-6-22-68(36-42)40(2)79-38-58-43-11-13-45(47(33-43)75-3)61-63-53(73)51(71)55-15-7-19-65-23-27-77-28-24-65/h5-6,9-14,21-22,33-36,40,59H,7-8,15-20,23-32,37-38H2,1-4H3,(H6-2,55,56,57,58,60,61,62,63,64,69,70,71,72,73,74)/p+3. The molecule has 2 aliphatic rings. The van der Waals surface area contributed by atoms with Crippen molar-refractivity contribution in [2.24, 2.45) is 5.11 Å². The molecule has 4 aromatic rings. The number of morpholine rings is 2. The number of pyridine rings is 2. The van der Waals surface area contributed by atoms with E-state index in [1.165, 1.54) is 14.2 Å². The first-order chi connectivity index (χ1) is 39.4. The third kappa shape index (κ3) is 21.8. The fraction of sp³-hybridized carbons (Fsp3) is 0.463. The minimum Gasteiger partial charge on any atom is -0.494 e. The zero-order chi connectivity index (χ0) is 57.6. The topological polar surface area (TPSA) is 298 Å². The number of thioether (sulfide) groups is 1. The Bertz CT molecular complexity index is 2750. The Kier molecular flexibility index (Phi) is 26.8. The van der Waals surface area contributed by atoms with Gasteiger partial charge in [-0.05, 0) is 62.3 Å². The van der Waals surface area contributed by atoms with Crippen molar-refractivity contribution in [2.45, 2.75) is 39.5 Å². The van der Waals surface area contributed by atoms with E-state index in [0.29, 0.717) is 105 Å². The number of hydroxylamine groups is 1. The largest absolute Gasteiger partial charge is 0.499 e. The van der Waals surface area contributed by atoms with Gasteiger partial charge in [-0.1, -0.05) is 5.11 Å². The highest BCUT2D eigenvalue weighted by Gasteiger charge is 2.22. The van der Waals surface area contributed by atoms with Crippen LogP contribution >= 0.6 is 11.8 Å². The second-order valence-corrected chi connectivity index (χ2v) is 19.6. The Morgan fingerprint density at radius 1 is 0.778 bits per heavy atom. The van der Waals surface area contributed by atoms with Crippen LogP contribution in [-0.4, -0.2) is 169 Å². The van der Waals surface area contributed by atoms with Gasteiger partial charge in [0.05, 0.1) is 52.9 Å². The van der Waals surface area contributed by atoms with Gasteiger partial charge in [0.25, 0.3) is 18.0 Å². The van der Waals surface area contributed by atoms with E-state index in [9.17, 15) is 29.1 Å². The van der Waals surface area contributed by atoms with Gasteiger partial charge in [-0.15, -0.1) is 0 Å². The summed E-state index contributed by atoms with van der Waals surface area (Å²) in [4.78, 5) is 72.6. The first-order valence-electron chi connectivity index (χ1n) is 26.7. The van der Waals surface area contributed by atoms with Gasteiger partial charge in [0, 0.05) is 124 Å². The average Bonchev–Trinajstić information content (AvgIpc) is 3.54. The van der Waals surface area contributed by atoms with E-state index in [4.69, 9.17) is 28.5 Å². The first-order valence-corrected chi connectivity index (χ1v) is 27.9. The van der Waals surface area contributed by atoms with Gasteiger partial charge in [-0.25, -0.2) is 10.3 Å². The van der Waals surface area contributed by atoms with Crippen molar-refractivity contribution in [3.63, 3.8) is 0 Å². The summed E-state index contributed by atoms with van der Waals surface area (Å²) in [6, 6.07) is 17.3. The maximum atomic E-state index is 13.0. The van der Waals surface area contributed by atoms with Gasteiger partial charge in [-0.2, -0.15) is 20.9 Å². The van der Waals surface area contributed by atoms with E-state index < -0.39 is 29.9 Å². The molecular formula is C54H77N14O12S+3. The summed E-state index contributed by atoms with van der Waals surface area (Å²) in [6.07, 6.45) is 8.19. The van der Waals surface area contributed by atoms with Crippen LogP contribution in [0.3, 0.4) is 0 Å². The fourth-order valence-electron chi connectivity index (χ4n) is 8.03. The summed E-state index contributed by atoms with van der Waals surface area (Å²) in [5.41, 5.74) is 11.9. The molecule has 0 aliphatic carbocycles. The van der Waals surface area contributed by atoms with Crippen molar-refractivity contribution >= 4 is 69.7 Å². The minimum atomic E-state index is -0.900. The number of azo groups is 1. The van der Waals surface area contributed by atoms with Gasteiger partial charge in [0.2, 0.25) is 5.70 Å². The molecule has 5 amide bonds. The number of allylic oxidation sites excluding steroid dienone is 1. The van der Waals surface area contributed by atoms with Crippen LogP contribution in [-0.2, 0) is 44.8 Å². The van der Waals surface area contributed by atoms with Gasteiger partial charge in [0.15, 0.2) is 36.2 Å². The Labute approximate surface area is 475 Å². The van der Waals surface area contributed by atoms with E-state index in [0.717, 1.165) is 57.0 Å². The lowest BCUT2D eigenvalue weighted by atomic mass is 10.2. The second kappa shape index (κ2) is 34.6. The number of hydrogen-bond acceptors (Lipinski definition) is 20. The predicted octanol–water partition coefficient (Wildman–Crippen LogP) is 0.695. The van der Waals surface area contributed by atoms with Gasteiger partial charge < -0.3 is 55.4 Å². The molecule has 0 saturated carbocycles. The van der Waals surface area contributed by atoms with Crippen LogP contribution in [0.1, 0.15) is 48.8 Å². The van der Waals surface area contributed by atoms with Crippen molar-refractivity contribution < 1.29 is 71.8 Å². The van der Waals surface area contributed by atoms with E-state index in [1.54, 1.807) is 88.7 Å². The quantitative estimate of drug-likeness (QED) is 0.00631. The van der Waals surface area contributed by atoms with E-state index in [-0.39, 0.29) is 30.8 Å². The maximum Gasteiger partial charge on any atom is 0.499 e. The molecule has 6 rings (SSSR count). The molecule has 2 aromatic carbocycles. The van der Waals surface area contributed by atoms with Gasteiger partial charge >= 0.3 is 23.6 Å². The van der Waals surface area contributed by atoms with E-state index in [2.05, 4.69) is 62.9 Å². The Morgan fingerprint density at radius 3 is 2.16 bits per heavy atom. The molecule has 4 heterocycles. The monoisotopic (exact) mass is 1150 g/mol. The van der Waals surface area contributed by atoms with Crippen molar-refractivity contribution in [1.82, 2.24) is 36.7 Å². The molecule has 1 unspecified atom stereocenters. The number of amides is 5. The second-order valence-electron chi connectivity index (χ2n) is 18.4. The summed E-state index contributed by atoms with van der Waals surface area (Å²) < 4.78 is 31.2. The molecule has 0 spiro atoms. The number of nitrogens with one attached hydrogen (secondary N) is 9. The molecule has 438 valence electrons. The third-order valence-electron chi connectivity index (χ3n) is 12.6. The number of benzene rings is 2. The Hall–Kier alpha value is -7.50. The fourth-order valence-corrected chi connectivity index (χ4v) is 8.71. The zero-order valence-electron chi connectivity index (χ0n) is 46.4. The van der Waals surface area contributed by atoms with Crippen LogP contribution in [0.2, 0.25) is 0 Å². The number of hydrogen-bond donors (Lipinski definition) is 10.